The van der Waals surface area contributed by atoms with Crippen LogP contribution in [0.15, 0.2) is 18.2 Å². The molecule has 1 aromatic rings. The zero-order chi connectivity index (χ0) is 12.0. The van der Waals surface area contributed by atoms with Crippen LogP contribution in [0.25, 0.3) is 0 Å². The molecular formula is C12H17ClFNS. The van der Waals surface area contributed by atoms with Crippen LogP contribution in [0.3, 0.4) is 0 Å². The molecule has 0 radical (unpaired) electrons. The number of likely N-dealkylation sites (N-methyl/N-ethyl adjacent to an activating group) is 1. The average molecular weight is 262 g/mol. The van der Waals surface area contributed by atoms with Gasteiger partial charge >= 0.3 is 0 Å². The summed E-state index contributed by atoms with van der Waals surface area (Å²) in [4.78, 5) is 0. The van der Waals surface area contributed by atoms with Gasteiger partial charge in [-0.1, -0.05) is 11.6 Å². The largest absolute Gasteiger partial charge is 0.317 e. The highest BCUT2D eigenvalue weighted by Gasteiger charge is 2.10. The zero-order valence-electron chi connectivity index (χ0n) is 9.59. The maximum absolute atomic E-state index is 13.5. The summed E-state index contributed by atoms with van der Waals surface area (Å²) in [7, 11) is 1.91. The molecule has 1 N–H and O–H groups in total. The van der Waals surface area contributed by atoms with E-state index in [1.165, 1.54) is 6.07 Å². The molecule has 0 saturated carbocycles. The van der Waals surface area contributed by atoms with Crippen molar-refractivity contribution in [2.45, 2.75) is 18.9 Å². The molecule has 90 valence electrons. The Morgan fingerprint density at radius 1 is 1.50 bits per heavy atom. The molecule has 1 atom stereocenters. The maximum atomic E-state index is 13.5. The Balaban J connectivity index is 2.65. The molecular weight excluding hydrogens is 245 g/mol. The molecule has 0 amide bonds. The minimum atomic E-state index is -0.172. The summed E-state index contributed by atoms with van der Waals surface area (Å²) in [6, 6.07) is 5.02. The summed E-state index contributed by atoms with van der Waals surface area (Å²) in [6.07, 6.45) is 3.79. The van der Waals surface area contributed by atoms with E-state index in [2.05, 4.69) is 11.6 Å². The van der Waals surface area contributed by atoms with Gasteiger partial charge in [0.1, 0.15) is 5.82 Å². The lowest BCUT2D eigenvalue weighted by molar-refractivity contribution is 0.525. The summed E-state index contributed by atoms with van der Waals surface area (Å²) in [5.74, 6) is 0.905. The van der Waals surface area contributed by atoms with Gasteiger partial charge in [-0.15, -0.1) is 0 Å². The Bertz CT molecular complexity index is 333. The highest BCUT2D eigenvalue weighted by molar-refractivity contribution is 7.98. The third kappa shape index (κ3) is 4.32. The average Bonchev–Trinajstić information content (AvgIpc) is 2.28. The van der Waals surface area contributed by atoms with Crippen LogP contribution >= 0.6 is 23.4 Å². The Morgan fingerprint density at radius 3 is 2.88 bits per heavy atom. The molecule has 4 heteroatoms. The number of thioether (sulfide) groups is 1. The van der Waals surface area contributed by atoms with Crippen LogP contribution in [0.2, 0.25) is 5.02 Å². The molecule has 1 aromatic carbocycles. The lowest BCUT2D eigenvalue weighted by Crippen LogP contribution is -2.28. The molecule has 1 rings (SSSR count). The van der Waals surface area contributed by atoms with E-state index in [9.17, 15) is 4.39 Å². The second kappa shape index (κ2) is 7.15. The van der Waals surface area contributed by atoms with E-state index in [1.807, 2.05) is 7.05 Å². The summed E-state index contributed by atoms with van der Waals surface area (Å²) in [5, 5.41) is 3.80. The SMILES string of the molecule is CNC(CCSC)Cc1cc(Cl)ccc1F. The molecule has 0 aliphatic heterocycles. The highest BCUT2D eigenvalue weighted by atomic mass is 35.5. The topological polar surface area (TPSA) is 12.0 Å². The Labute approximate surface area is 106 Å². The molecule has 1 nitrogen and oxygen atoms in total. The number of hydrogen-bond donors (Lipinski definition) is 1. The van der Waals surface area contributed by atoms with E-state index in [4.69, 9.17) is 11.6 Å². The fraction of sp³-hybridized carbons (Fsp3) is 0.500. The smallest absolute Gasteiger partial charge is 0.126 e. The molecule has 16 heavy (non-hydrogen) atoms. The van der Waals surface area contributed by atoms with Gasteiger partial charge in [0.25, 0.3) is 0 Å². The molecule has 0 heterocycles. The van der Waals surface area contributed by atoms with Gasteiger partial charge in [-0.25, -0.2) is 4.39 Å². The first-order valence-corrected chi connectivity index (χ1v) is 7.04. The Morgan fingerprint density at radius 2 is 2.25 bits per heavy atom. The van der Waals surface area contributed by atoms with Gasteiger partial charge in [-0.05, 0) is 55.7 Å². The minimum Gasteiger partial charge on any atom is -0.317 e. The van der Waals surface area contributed by atoms with Gasteiger partial charge in [-0.3, -0.25) is 0 Å². The third-order valence-corrected chi connectivity index (χ3v) is 3.43. The molecule has 0 fully saturated rings. The molecule has 0 spiro atoms. The number of rotatable bonds is 6. The van der Waals surface area contributed by atoms with Gasteiger partial charge in [-0.2, -0.15) is 11.8 Å². The fourth-order valence-electron chi connectivity index (χ4n) is 1.57. The van der Waals surface area contributed by atoms with Crippen LogP contribution in [0.5, 0.6) is 0 Å². The van der Waals surface area contributed by atoms with Crippen LogP contribution < -0.4 is 5.32 Å². The molecule has 0 aliphatic carbocycles. The first-order chi connectivity index (χ1) is 7.67. The van der Waals surface area contributed by atoms with E-state index in [1.54, 1.807) is 23.9 Å². The predicted octanol–water partition coefficient (Wildman–Crippen LogP) is 3.36. The van der Waals surface area contributed by atoms with Crippen molar-refractivity contribution in [2.24, 2.45) is 0 Å². The van der Waals surface area contributed by atoms with Crippen molar-refractivity contribution < 1.29 is 4.39 Å². The summed E-state index contributed by atoms with van der Waals surface area (Å²) >= 11 is 7.66. The summed E-state index contributed by atoms with van der Waals surface area (Å²) in [6.45, 7) is 0. The van der Waals surface area contributed by atoms with Crippen molar-refractivity contribution in [1.29, 1.82) is 0 Å². The predicted molar refractivity (Wildman–Crippen MR) is 71.0 cm³/mol. The molecule has 1 unspecified atom stereocenters. The standard InChI is InChI=1S/C12H17ClFNS/c1-15-11(5-6-16-2)8-9-7-10(13)3-4-12(9)14/h3-4,7,11,15H,5-6,8H2,1-2H3. The van der Waals surface area contributed by atoms with Crippen molar-refractivity contribution in [3.63, 3.8) is 0 Å². The van der Waals surface area contributed by atoms with Gasteiger partial charge in [0.05, 0.1) is 0 Å². The molecule has 0 saturated heterocycles. The van der Waals surface area contributed by atoms with Gasteiger partial charge < -0.3 is 5.32 Å². The second-order valence-electron chi connectivity index (χ2n) is 3.71. The normalized spacial score (nSPS) is 12.8. The van der Waals surface area contributed by atoms with E-state index < -0.39 is 0 Å². The van der Waals surface area contributed by atoms with Crippen LogP contribution in [-0.4, -0.2) is 25.1 Å². The lowest BCUT2D eigenvalue weighted by Gasteiger charge is -2.16. The van der Waals surface area contributed by atoms with E-state index in [0.717, 1.165) is 12.2 Å². The lowest BCUT2D eigenvalue weighted by atomic mass is 10.0. The van der Waals surface area contributed by atoms with Crippen molar-refractivity contribution in [3.05, 3.63) is 34.6 Å². The molecule has 0 aliphatic rings. The van der Waals surface area contributed by atoms with Crippen molar-refractivity contribution in [1.82, 2.24) is 5.32 Å². The fourth-order valence-corrected chi connectivity index (χ4v) is 2.29. The van der Waals surface area contributed by atoms with Gasteiger partial charge in [0.15, 0.2) is 0 Å². The van der Waals surface area contributed by atoms with Crippen molar-refractivity contribution in [3.8, 4) is 0 Å². The first kappa shape index (κ1) is 13.8. The summed E-state index contributed by atoms with van der Waals surface area (Å²) in [5.41, 5.74) is 0.688. The van der Waals surface area contributed by atoms with Crippen molar-refractivity contribution >= 4 is 23.4 Å². The van der Waals surface area contributed by atoms with Crippen molar-refractivity contribution in [2.75, 3.05) is 19.1 Å². The monoisotopic (exact) mass is 261 g/mol. The molecule has 0 bridgehead atoms. The first-order valence-electron chi connectivity index (χ1n) is 5.27. The van der Waals surface area contributed by atoms with Gasteiger partial charge in [0.2, 0.25) is 0 Å². The zero-order valence-corrected chi connectivity index (χ0v) is 11.2. The number of hydrogen-bond acceptors (Lipinski definition) is 2. The highest BCUT2D eigenvalue weighted by Crippen LogP contribution is 2.17. The molecule has 0 aromatic heterocycles. The van der Waals surface area contributed by atoms with E-state index in [0.29, 0.717) is 23.0 Å². The minimum absolute atomic E-state index is 0.172. The Kier molecular flexibility index (Phi) is 6.17. The van der Waals surface area contributed by atoms with Gasteiger partial charge in [0, 0.05) is 11.1 Å². The quantitative estimate of drug-likeness (QED) is 0.843. The van der Waals surface area contributed by atoms with Crippen LogP contribution in [0.4, 0.5) is 4.39 Å². The summed E-state index contributed by atoms with van der Waals surface area (Å²) < 4.78 is 13.5. The van der Waals surface area contributed by atoms with E-state index in [-0.39, 0.29) is 5.82 Å². The maximum Gasteiger partial charge on any atom is 0.126 e. The van der Waals surface area contributed by atoms with Crippen LogP contribution in [0, 0.1) is 5.82 Å². The van der Waals surface area contributed by atoms with E-state index >= 15 is 0 Å². The number of benzene rings is 1. The third-order valence-electron chi connectivity index (χ3n) is 2.55. The number of halogens is 2. The second-order valence-corrected chi connectivity index (χ2v) is 5.13. The number of nitrogens with one attached hydrogen (secondary N) is 1. The Hall–Kier alpha value is -0.250. The van der Waals surface area contributed by atoms with Crippen LogP contribution in [0.1, 0.15) is 12.0 Å². The van der Waals surface area contributed by atoms with Crippen LogP contribution in [-0.2, 0) is 6.42 Å².